The number of benzene rings is 2. The van der Waals surface area contributed by atoms with E-state index in [9.17, 15) is 18.8 Å². The molecule has 0 saturated carbocycles. The second-order valence-corrected chi connectivity index (χ2v) is 7.86. The van der Waals surface area contributed by atoms with E-state index >= 15 is 0 Å². The van der Waals surface area contributed by atoms with Crippen LogP contribution in [-0.2, 0) is 20.9 Å². The number of hydrogen-bond donors (Lipinski definition) is 2. The monoisotopic (exact) mass is 470 g/mol. The van der Waals surface area contributed by atoms with Crippen LogP contribution in [-0.4, -0.2) is 36.4 Å². The fourth-order valence-electron chi connectivity index (χ4n) is 2.91. The Kier molecular flexibility index (Phi) is 8.48. The molecule has 0 bridgehead atoms. The molecule has 3 amide bonds. The van der Waals surface area contributed by atoms with Gasteiger partial charge in [0.15, 0.2) is 5.13 Å². The van der Waals surface area contributed by atoms with Crippen LogP contribution in [0, 0.1) is 5.82 Å². The van der Waals surface area contributed by atoms with Gasteiger partial charge in [-0.2, -0.15) is 0 Å². The highest BCUT2D eigenvalue weighted by Crippen LogP contribution is 2.17. The molecule has 0 aliphatic carbocycles. The van der Waals surface area contributed by atoms with E-state index in [1.807, 2.05) is 12.1 Å². The molecule has 2 aromatic carbocycles. The molecule has 172 valence electrons. The fraction of sp³-hybridized carbons (Fsp3) is 0.217. The third kappa shape index (κ3) is 7.39. The van der Waals surface area contributed by atoms with Crippen molar-refractivity contribution in [1.29, 1.82) is 0 Å². The molecule has 1 aromatic heterocycles. The van der Waals surface area contributed by atoms with E-state index in [-0.39, 0.29) is 31.8 Å². The van der Waals surface area contributed by atoms with Crippen LogP contribution in [0.1, 0.15) is 18.4 Å². The van der Waals surface area contributed by atoms with Gasteiger partial charge in [0.05, 0.1) is 7.11 Å². The van der Waals surface area contributed by atoms with Gasteiger partial charge in [0, 0.05) is 36.7 Å². The maximum atomic E-state index is 13.4. The quantitative estimate of drug-likeness (QED) is 0.473. The molecule has 3 rings (SSSR count). The number of nitrogens with one attached hydrogen (secondary N) is 2. The summed E-state index contributed by atoms with van der Waals surface area (Å²) < 4.78 is 18.5. The van der Waals surface area contributed by atoms with E-state index in [1.54, 1.807) is 30.8 Å². The fourth-order valence-corrected chi connectivity index (χ4v) is 3.46. The van der Waals surface area contributed by atoms with Crippen molar-refractivity contribution < 1.29 is 23.5 Å². The van der Waals surface area contributed by atoms with Gasteiger partial charge in [-0.05, 0) is 42.0 Å². The first-order valence-corrected chi connectivity index (χ1v) is 11.0. The first kappa shape index (κ1) is 23.9. The third-order valence-electron chi connectivity index (χ3n) is 4.63. The van der Waals surface area contributed by atoms with Gasteiger partial charge in [-0.25, -0.2) is 9.37 Å². The lowest BCUT2D eigenvalue weighted by Gasteiger charge is -2.22. The smallest absolute Gasteiger partial charge is 0.240 e. The Hall–Kier alpha value is -3.79. The molecule has 3 aromatic rings. The molecule has 0 saturated heterocycles. The van der Waals surface area contributed by atoms with E-state index in [0.717, 1.165) is 5.56 Å². The molecule has 0 unspecified atom stereocenters. The molecule has 1 heterocycles. The summed E-state index contributed by atoms with van der Waals surface area (Å²) in [5.41, 5.74) is 1.23. The van der Waals surface area contributed by atoms with Crippen LogP contribution in [0.15, 0.2) is 60.1 Å². The van der Waals surface area contributed by atoms with Gasteiger partial charge < -0.3 is 20.3 Å². The summed E-state index contributed by atoms with van der Waals surface area (Å²) in [7, 11) is 1.57. The van der Waals surface area contributed by atoms with Crippen LogP contribution in [0.5, 0.6) is 5.75 Å². The van der Waals surface area contributed by atoms with Crippen molar-refractivity contribution in [3.63, 3.8) is 0 Å². The molecule has 2 N–H and O–H groups in total. The lowest BCUT2D eigenvalue weighted by Crippen LogP contribution is -2.41. The zero-order valence-electron chi connectivity index (χ0n) is 17.9. The number of carbonyl (C=O) groups is 3. The van der Waals surface area contributed by atoms with E-state index in [1.165, 1.54) is 40.5 Å². The molecular formula is C23H23FN4O4S. The number of anilines is 2. The van der Waals surface area contributed by atoms with E-state index in [4.69, 9.17) is 4.74 Å². The Balaban J connectivity index is 1.60. The number of hydrogen-bond acceptors (Lipinski definition) is 6. The summed E-state index contributed by atoms with van der Waals surface area (Å²) in [6, 6.07) is 12.5. The summed E-state index contributed by atoms with van der Waals surface area (Å²) >= 11 is 1.27. The van der Waals surface area contributed by atoms with E-state index in [2.05, 4.69) is 15.6 Å². The standard InChI is InChI=1S/C23H23FN4O4S/c1-32-19-8-2-16(3-9-19)14-26-21(30)15-28(18-6-4-17(24)5-7-18)22(31)11-10-20(29)27-23-25-12-13-33-23/h2-9,12-13H,10-11,14-15H2,1H3,(H,26,30)(H,25,27,29). The molecule has 10 heteroatoms. The van der Waals surface area contributed by atoms with Crippen LogP contribution in [0.2, 0.25) is 0 Å². The molecule has 33 heavy (non-hydrogen) atoms. The molecular weight excluding hydrogens is 447 g/mol. The number of halogens is 1. The summed E-state index contributed by atoms with van der Waals surface area (Å²) in [5, 5.41) is 7.54. The maximum absolute atomic E-state index is 13.4. The normalized spacial score (nSPS) is 10.4. The second kappa shape index (κ2) is 11.7. The number of carbonyl (C=O) groups excluding carboxylic acids is 3. The van der Waals surface area contributed by atoms with Crippen molar-refractivity contribution in [3.05, 3.63) is 71.5 Å². The average Bonchev–Trinajstić information content (AvgIpc) is 3.33. The number of aromatic nitrogens is 1. The summed E-state index contributed by atoms with van der Waals surface area (Å²) in [6.07, 6.45) is 1.36. The summed E-state index contributed by atoms with van der Waals surface area (Å²) in [6.45, 7) is -0.000779. The molecule has 8 nitrogen and oxygen atoms in total. The molecule has 0 aliphatic rings. The lowest BCUT2D eigenvalue weighted by molar-refractivity contribution is -0.125. The lowest BCUT2D eigenvalue weighted by atomic mass is 10.2. The number of methoxy groups -OCH3 is 1. The number of ether oxygens (including phenoxy) is 1. The number of amides is 3. The summed E-state index contributed by atoms with van der Waals surface area (Å²) in [4.78, 5) is 42.7. The Labute approximate surface area is 194 Å². The van der Waals surface area contributed by atoms with Gasteiger partial charge in [-0.15, -0.1) is 11.3 Å². The highest BCUT2D eigenvalue weighted by Gasteiger charge is 2.20. The molecule has 0 radical (unpaired) electrons. The van der Waals surface area contributed by atoms with Crippen LogP contribution < -0.4 is 20.3 Å². The molecule has 0 atom stereocenters. The van der Waals surface area contributed by atoms with Crippen molar-refractivity contribution in [3.8, 4) is 5.75 Å². The highest BCUT2D eigenvalue weighted by molar-refractivity contribution is 7.13. The zero-order chi connectivity index (χ0) is 23.6. The van der Waals surface area contributed by atoms with Crippen LogP contribution in [0.25, 0.3) is 0 Å². The number of rotatable bonds is 10. The minimum Gasteiger partial charge on any atom is -0.497 e. The Bertz CT molecular complexity index is 1070. The van der Waals surface area contributed by atoms with Crippen molar-refractivity contribution >= 4 is 39.9 Å². The molecule has 0 fully saturated rings. The van der Waals surface area contributed by atoms with Crippen LogP contribution >= 0.6 is 11.3 Å². The third-order valence-corrected chi connectivity index (χ3v) is 5.32. The SMILES string of the molecule is COc1ccc(CNC(=O)CN(C(=O)CCC(=O)Nc2nccs2)c2ccc(F)cc2)cc1. The minimum atomic E-state index is -0.460. The average molecular weight is 471 g/mol. The van der Waals surface area contributed by atoms with Crippen LogP contribution in [0.4, 0.5) is 15.2 Å². The highest BCUT2D eigenvalue weighted by atomic mass is 32.1. The van der Waals surface area contributed by atoms with Crippen molar-refractivity contribution in [2.24, 2.45) is 0 Å². The van der Waals surface area contributed by atoms with Gasteiger partial charge >= 0.3 is 0 Å². The summed E-state index contributed by atoms with van der Waals surface area (Å²) in [5.74, 6) is -0.942. The predicted octanol–water partition coefficient (Wildman–Crippen LogP) is 3.36. The number of thiazole rings is 1. The minimum absolute atomic E-state index is 0.0798. The van der Waals surface area contributed by atoms with Gasteiger partial charge in [0.1, 0.15) is 18.1 Å². The zero-order valence-corrected chi connectivity index (χ0v) is 18.7. The Morgan fingerprint density at radius 3 is 2.39 bits per heavy atom. The number of nitrogens with zero attached hydrogens (tertiary/aromatic N) is 2. The van der Waals surface area contributed by atoms with Gasteiger partial charge in [-0.1, -0.05) is 12.1 Å². The molecule has 0 aliphatic heterocycles. The van der Waals surface area contributed by atoms with Crippen molar-refractivity contribution in [2.45, 2.75) is 19.4 Å². The van der Waals surface area contributed by atoms with Crippen molar-refractivity contribution in [2.75, 3.05) is 23.9 Å². The predicted molar refractivity (Wildman–Crippen MR) is 124 cm³/mol. The van der Waals surface area contributed by atoms with Crippen molar-refractivity contribution in [1.82, 2.24) is 10.3 Å². The second-order valence-electron chi connectivity index (χ2n) is 6.97. The van der Waals surface area contributed by atoms with Gasteiger partial charge in [0.25, 0.3) is 0 Å². The molecule has 0 spiro atoms. The largest absolute Gasteiger partial charge is 0.497 e. The van der Waals surface area contributed by atoms with Crippen LogP contribution in [0.3, 0.4) is 0 Å². The van der Waals surface area contributed by atoms with Gasteiger partial charge in [-0.3, -0.25) is 14.4 Å². The van der Waals surface area contributed by atoms with E-state index < -0.39 is 17.6 Å². The van der Waals surface area contributed by atoms with Gasteiger partial charge in [0.2, 0.25) is 17.7 Å². The topological polar surface area (TPSA) is 101 Å². The first-order chi connectivity index (χ1) is 15.9. The Morgan fingerprint density at radius 2 is 1.76 bits per heavy atom. The first-order valence-electron chi connectivity index (χ1n) is 10.1. The Morgan fingerprint density at radius 1 is 1.03 bits per heavy atom. The maximum Gasteiger partial charge on any atom is 0.240 e. The van der Waals surface area contributed by atoms with E-state index in [0.29, 0.717) is 16.6 Å².